The van der Waals surface area contributed by atoms with E-state index in [4.69, 9.17) is 9.47 Å². The van der Waals surface area contributed by atoms with Gasteiger partial charge in [0.2, 0.25) is 0 Å². The van der Waals surface area contributed by atoms with Gasteiger partial charge < -0.3 is 19.4 Å². The van der Waals surface area contributed by atoms with Gasteiger partial charge in [-0.1, -0.05) is 0 Å². The van der Waals surface area contributed by atoms with Crippen LogP contribution in [0.2, 0.25) is 0 Å². The van der Waals surface area contributed by atoms with Gasteiger partial charge in [0.15, 0.2) is 11.6 Å². The predicted octanol–water partition coefficient (Wildman–Crippen LogP) is 3.17. The van der Waals surface area contributed by atoms with Gasteiger partial charge in [0.1, 0.15) is 23.4 Å². The minimum atomic E-state index is -0.437. The third-order valence-corrected chi connectivity index (χ3v) is 3.86. The molecule has 0 spiro atoms. The van der Waals surface area contributed by atoms with E-state index >= 15 is 0 Å². The van der Waals surface area contributed by atoms with E-state index in [1.807, 2.05) is 29.9 Å². The van der Waals surface area contributed by atoms with Crippen LogP contribution in [0.4, 0.5) is 10.2 Å². The Morgan fingerprint density at radius 3 is 2.36 bits per heavy atom. The van der Waals surface area contributed by atoms with E-state index in [1.165, 1.54) is 12.3 Å². The van der Waals surface area contributed by atoms with E-state index < -0.39 is 11.9 Å². The summed E-state index contributed by atoms with van der Waals surface area (Å²) in [4.78, 5) is 8.48. The molecule has 1 aromatic carbocycles. The van der Waals surface area contributed by atoms with Gasteiger partial charge in [-0.15, -0.1) is 0 Å². The van der Waals surface area contributed by atoms with E-state index in [0.717, 1.165) is 5.56 Å². The molecule has 0 saturated heterocycles. The molecule has 0 bridgehead atoms. The highest BCUT2D eigenvalue weighted by Crippen LogP contribution is 2.31. The lowest BCUT2D eigenvalue weighted by molar-refractivity contribution is 0.393. The number of methoxy groups -OCH3 is 2. The van der Waals surface area contributed by atoms with E-state index in [2.05, 4.69) is 15.3 Å². The van der Waals surface area contributed by atoms with Crippen molar-refractivity contribution in [3.05, 3.63) is 66.1 Å². The minimum Gasteiger partial charge on any atom is -0.497 e. The maximum absolute atomic E-state index is 14.1. The first kappa shape index (κ1) is 16.8. The van der Waals surface area contributed by atoms with Gasteiger partial charge in [-0.3, -0.25) is 0 Å². The molecule has 1 N–H and O–H groups in total. The molecule has 0 saturated carbocycles. The average Bonchev–Trinajstić information content (AvgIpc) is 3.06. The normalized spacial score (nSPS) is 11.8. The van der Waals surface area contributed by atoms with Gasteiger partial charge in [0.25, 0.3) is 0 Å². The van der Waals surface area contributed by atoms with Crippen molar-refractivity contribution >= 4 is 5.82 Å². The summed E-state index contributed by atoms with van der Waals surface area (Å²) in [5, 5.41) is 3.13. The van der Waals surface area contributed by atoms with Crippen molar-refractivity contribution < 1.29 is 13.9 Å². The fraction of sp³-hybridized carbons (Fsp3) is 0.222. The Balaban J connectivity index is 2.09. The second kappa shape index (κ2) is 7.21. The number of nitrogens with one attached hydrogen (secondary N) is 1. The van der Waals surface area contributed by atoms with Crippen LogP contribution >= 0.6 is 0 Å². The molecular formula is C18H19FN4O2. The summed E-state index contributed by atoms with van der Waals surface area (Å²) in [6, 6.07) is 7.96. The van der Waals surface area contributed by atoms with Gasteiger partial charge in [0.05, 0.1) is 14.2 Å². The minimum absolute atomic E-state index is 0.150. The number of anilines is 1. The average molecular weight is 342 g/mol. The van der Waals surface area contributed by atoms with Crippen molar-refractivity contribution in [3.63, 3.8) is 0 Å². The van der Waals surface area contributed by atoms with E-state index in [1.54, 1.807) is 32.5 Å². The molecule has 130 valence electrons. The standard InChI is InChI=1S/C18H19FN4O2/c1-23-8-7-21-18(23)16(22-17-15(19)5-4-6-20-17)12-9-13(24-2)11-14(10-12)25-3/h4-11,16H,1-3H3,(H,20,22). The number of aryl methyl sites for hydroxylation is 1. The van der Waals surface area contributed by atoms with Crippen LogP contribution in [-0.2, 0) is 7.05 Å². The number of aromatic nitrogens is 3. The van der Waals surface area contributed by atoms with Crippen molar-refractivity contribution in [2.45, 2.75) is 6.04 Å². The Morgan fingerprint density at radius 1 is 1.08 bits per heavy atom. The quantitative estimate of drug-likeness (QED) is 0.745. The third-order valence-electron chi connectivity index (χ3n) is 3.86. The number of nitrogens with zero attached hydrogens (tertiary/aromatic N) is 3. The molecule has 0 aliphatic heterocycles. The summed E-state index contributed by atoms with van der Waals surface area (Å²) in [5.74, 6) is 1.70. The third kappa shape index (κ3) is 3.55. The van der Waals surface area contributed by atoms with Crippen LogP contribution in [0.3, 0.4) is 0 Å². The van der Waals surface area contributed by atoms with Crippen molar-refractivity contribution in [3.8, 4) is 11.5 Å². The second-order valence-corrected chi connectivity index (χ2v) is 5.45. The summed E-state index contributed by atoms with van der Waals surface area (Å²) in [7, 11) is 5.05. The molecule has 6 nitrogen and oxygen atoms in total. The molecular weight excluding hydrogens is 323 g/mol. The summed E-state index contributed by atoms with van der Waals surface area (Å²) < 4.78 is 26.7. The van der Waals surface area contributed by atoms with Crippen LogP contribution in [0.25, 0.3) is 0 Å². The topological polar surface area (TPSA) is 61.2 Å². The molecule has 0 amide bonds. The molecule has 1 unspecified atom stereocenters. The monoisotopic (exact) mass is 342 g/mol. The maximum Gasteiger partial charge on any atom is 0.165 e. The smallest absolute Gasteiger partial charge is 0.165 e. The zero-order valence-corrected chi connectivity index (χ0v) is 14.2. The molecule has 0 fully saturated rings. The Bertz CT molecular complexity index is 844. The second-order valence-electron chi connectivity index (χ2n) is 5.45. The largest absolute Gasteiger partial charge is 0.497 e. The first-order valence-electron chi connectivity index (χ1n) is 7.69. The van der Waals surface area contributed by atoms with Crippen molar-refractivity contribution in [1.82, 2.24) is 14.5 Å². The highest BCUT2D eigenvalue weighted by molar-refractivity contribution is 5.47. The summed E-state index contributed by atoms with van der Waals surface area (Å²) in [6.07, 6.45) is 5.06. The lowest BCUT2D eigenvalue weighted by Gasteiger charge is -2.21. The zero-order chi connectivity index (χ0) is 17.8. The van der Waals surface area contributed by atoms with Crippen LogP contribution in [0.5, 0.6) is 11.5 Å². The molecule has 2 heterocycles. The van der Waals surface area contributed by atoms with E-state index in [0.29, 0.717) is 17.3 Å². The SMILES string of the molecule is COc1cc(OC)cc(C(Nc2ncccc2F)c2nccn2C)c1. The zero-order valence-electron chi connectivity index (χ0n) is 14.2. The van der Waals surface area contributed by atoms with Crippen LogP contribution in [0, 0.1) is 5.82 Å². The number of hydrogen-bond donors (Lipinski definition) is 1. The van der Waals surface area contributed by atoms with Crippen LogP contribution in [0.15, 0.2) is 48.9 Å². The number of benzene rings is 1. The molecule has 2 aromatic heterocycles. The van der Waals surface area contributed by atoms with Gasteiger partial charge in [0, 0.05) is 31.7 Å². The first-order chi connectivity index (χ1) is 12.1. The number of pyridine rings is 1. The Hall–Kier alpha value is -3.09. The molecule has 25 heavy (non-hydrogen) atoms. The maximum atomic E-state index is 14.1. The number of rotatable bonds is 6. The highest BCUT2D eigenvalue weighted by atomic mass is 19.1. The fourth-order valence-electron chi connectivity index (χ4n) is 2.58. The Morgan fingerprint density at radius 2 is 1.80 bits per heavy atom. The summed E-state index contributed by atoms with van der Waals surface area (Å²) >= 11 is 0. The summed E-state index contributed by atoms with van der Waals surface area (Å²) in [5.41, 5.74) is 0.815. The lowest BCUT2D eigenvalue weighted by atomic mass is 10.0. The molecule has 0 aliphatic rings. The van der Waals surface area contributed by atoms with Crippen LogP contribution in [0.1, 0.15) is 17.4 Å². The Labute approximate surface area is 145 Å². The van der Waals surface area contributed by atoms with E-state index in [9.17, 15) is 4.39 Å². The van der Waals surface area contributed by atoms with Gasteiger partial charge in [-0.2, -0.15) is 0 Å². The van der Waals surface area contributed by atoms with Crippen molar-refractivity contribution in [1.29, 1.82) is 0 Å². The molecule has 1 atom stereocenters. The molecule has 0 aliphatic carbocycles. The van der Waals surface area contributed by atoms with Gasteiger partial charge in [-0.05, 0) is 29.8 Å². The highest BCUT2D eigenvalue weighted by Gasteiger charge is 2.22. The van der Waals surface area contributed by atoms with Gasteiger partial charge >= 0.3 is 0 Å². The van der Waals surface area contributed by atoms with Crippen LogP contribution in [-0.4, -0.2) is 28.8 Å². The Kier molecular flexibility index (Phi) is 4.83. The van der Waals surface area contributed by atoms with E-state index in [-0.39, 0.29) is 5.82 Å². The predicted molar refractivity (Wildman–Crippen MR) is 92.4 cm³/mol. The molecule has 3 aromatic rings. The van der Waals surface area contributed by atoms with Gasteiger partial charge in [-0.25, -0.2) is 14.4 Å². The first-order valence-corrected chi connectivity index (χ1v) is 7.69. The fourth-order valence-corrected chi connectivity index (χ4v) is 2.58. The molecule has 3 rings (SSSR count). The van der Waals surface area contributed by atoms with Crippen molar-refractivity contribution in [2.24, 2.45) is 7.05 Å². The van der Waals surface area contributed by atoms with Crippen molar-refractivity contribution in [2.75, 3.05) is 19.5 Å². The molecule has 0 radical (unpaired) electrons. The lowest BCUT2D eigenvalue weighted by Crippen LogP contribution is -2.18. The number of ether oxygens (including phenoxy) is 2. The molecule has 7 heteroatoms. The number of halogens is 1. The number of hydrogen-bond acceptors (Lipinski definition) is 5. The van der Waals surface area contributed by atoms with Crippen LogP contribution < -0.4 is 14.8 Å². The number of imidazole rings is 1. The summed E-state index contributed by atoms with van der Waals surface area (Å²) in [6.45, 7) is 0.